The molecule has 0 radical (unpaired) electrons. The highest BCUT2D eigenvalue weighted by Gasteiger charge is 2.34. The zero-order valence-corrected chi connectivity index (χ0v) is 21.9. The third-order valence-electron chi connectivity index (χ3n) is 5.99. The molecule has 1 aromatic heterocycles. The molecule has 1 aliphatic heterocycles. The second-order valence-corrected chi connectivity index (χ2v) is 10.8. The van der Waals surface area contributed by atoms with E-state index >= 15 is 0 Å². The standard InChI is InChI=1S/C28H22BrClN2O2S/c29-22-10-13-25-24(16-22)21(18-31(25)17-20-8-11-23(30)12-9-20)15-26-27(33)32(28(34)35-26)14-4-7-19-5-2-1-3-6-19/h1-3,5-6,8-13,15-16,18H,4,7,14,17H2/b26-15-. The van der Waals surface area contributed by atoms with E-state index in [9.17, 15) is 9.59 Å². The number of amides is 2. The lowest BCUT2D eigenvalue weighted by atomic mass is 10.1. The molecule has 1 saturated heterocycles. The highest BCUT2D eigenvalue weighted by Crippen LogP contribution is 2.35. The number of nitrogens with zero attached hydrogens (tertiary/aromatic N) is 2. The molecule has 1 fully saturated rings. The van der Waals surface area contributed by atoms with Gasteiger partial charge >= 0.3 is 0 Å². The Bertz CT molecular complexity index is 1430. The minimum atomic E-state index is -0.221. The average Bonchev–Trinajstić information content (AvgIpc) is 3.32. The first kappa shape index (κ1) is 23.9. The van der Waals surface area contributed by atoms with Gasteiger partial charge in [0.1, 0.15) is 0 Å². The first-order valence-corrected chi connectivity index (χ1v) is 13.3. The first-order valence-electron chi connectivity index (χ1n) is 11.3. The predicted molar refractivity (Wildman–Crippen MR) is 148 cm³/mol. The Morgan fingerprint density at radius 2 is 1.71 bits per heavy atom. The number of carbonyl (C=O) groups is 2. The molecule has 0 unspecified atom stereocenters. The van der Waals surface area contributed by atoms with E-state index in [1.165, 1.54) is 10.5 Å². The fourth-order valence-electron chi connectivity index (χ4n) is 4.25. The maximum absolute atomic E-state index is 13.1. The summed E-state index contributed by atoms with van der Waals surface area (Å²) in [5.41, 5.74) is 4.29. The number of carbonyl (C=O) groups excluding carboxylic acids is 2. The molecule has 3 aromatic carbocycles. The molecule has 2 heterocycles. The van der Waals surface area contributed by atoms with E-state index < -0.39 is 0 Å². The van der Waals surface area contributed by atoms with Gasteiger partial charge in [0.05, 0.1) is 4.91 Å². The van der Waals surface area contributed by atoms with E-state index in [-0.39, 0.29) is 11.1 Å². The summed E-state index contributed by atoms with van der Waals surface area (Å²) >= 11 is 10.6. The summed E-state index contributed by atoms with van der Waals surface area (Å²) < 4.78 is 3.11. The molecule has 7 heteroatoms. The van der Waals surface area contributed by atoms with Crippen LogP contribution in [0.5, 0.6) is 0 Å². The van der Waals surface area contributed by atoms with Crippen molar-refractivity contribution in [3.63, 3.8) is 0 Å². The van der Waals surface area contributed by atoms with Crippen molar-refractivity contribution in [1.82, 2.24) is 9.47 Å². The molecule has 4 nitrogen and oxygen atoms in total. The van der Waals surface area contributed by atoms with Gasteiger partial charge in [-0.25, -0.2) is 0 Å². The summed E-state index contributed by atoms with van der Waals surface area (Å²) in [4.78, 5) is 27.5. The van der Waals surface area contributed by atoms with E-state index in [4.69, 9.17) is 11.6 Å². The van der Waals surface area contributed by atoms with Crippen molar-refractivity contribution < 1.29 is 9.59 Å². The van der Waals surface area contributed by atoms with Gasteiger partial charge in [0.15, 0.2) is 0 Å². The maximum Gasteiger partial charge on any atom is 0.293 e. The van der Waals surface area contributed by atoms with Crippen molar-refractivity contribution in [3.8, 4) is 0 Å². The number of hydrogen-bond donors (Lipinski definition) is 0. The van der Waals surface area contributed by atoms with Crippen LogP contribution in [0.4, 0.5) is 4.79 Å². The monoisotopic (exact) mass is 564 g/mol. The quantitative estimate of drug-likeness (QED) is 0.215. The van der Waals surface area contributed by atoms with Crippen molar-refractivity contribution in [1.29, 1.82) is 0 Å². The molecule has 5 rings (SSSR count). The van der Waals surface area contributed by atoms with Crippen LogP contribution < -0.4 is 0 Å². The molecule has 0 N–H and O–H groups in total. The molecular formula is C28H22BrClN2O2S. The molecule has 0 aliphatic carbocycles. The van der Waals surface area contributed by atoms with Gasteiger partial charge in [-0.2, -0.15) is 0 Å². The summed E-state index contributed by atoms with van der Waals surface area (Å²) in [7, 11) is 0. The summed E-state index contributed by atoms with van der Waals surface area (Å²) in [6.07, 6.45) is 5.45. The summed E-state index contributed by atoms with van der Waals surface area (Å²) in [5, 5.41) is 1.51. The third kappa shape index (κ3) is 5.40. The Kier molecular flexibility index (Phi) is 7.14. The number of fused-ring (bicyclic) bond motifs is 1. The van der Waals surface area contributed by atoms with E-state index in [0.717, 1.165) is 51.1 Å². The molecule has 0 spiro atoms. The molecule has 0 bridgehead atoms. The molecule has 0 atom stereocenters. The van der Waals surface area contributed by atoms with Crippen LogP contribution in [0, 0.1) is 0 Å². The fraction of sp³-hybridized carbons (Fsp3) is 0.143. The lowest BCUT2D eigenvalue weighted by molar-refractivity contribution is -0.122. The Morgan fingerprint density at radius 1 is 0.943 bits per heavy atom. The Hall–Kier alpha value is -2.80. The largest absolute Gasteiger partial charge is 0.342 e. The zero-order chi connectivity index (χ0) is 24.4. The lowest BCUT2D eigenvalue weighted by Crippen LogP contribution is -2.29. The van der Waals surface area contributed by atoms with Gasteiger partial charge < -0.3 is 4.57 Å². The van der Waals surface area contributed by atoms with Crippen molar-refractivity contribution in [2.45, 2.75) is 19.4 Å². The second kappa shape index (κ2) is 10.4. The van der Waals surface area contributed by atoms with Crippen LogP contribution in [0.25, 0.3) is 17.0 Å². The van der Waals surface area contributed by atoms with Crippen molar-refractivity contribution in [2.24, 2.45) is 0 Å². The Morgan fingerprint density at radius 3 is 2.49 bits per heavy atom. The van der Waals surface area contributed by atoms with Gasteiger partial charge in [-0.3, -0.25) is 14.5 Å². The summed E-state index contributed by atoms with van der Waals surface area (Å²) in [6, 6.07) is 24.0. The van der Waals surface area contributed by atoms with Gasteiger partial charge in [-0.1, -0.05) is 70.0 Å². The summed E-state index contributed by atoms with van der Waals surface area (Å²) in [5.74, 6) is -0.221. The zero-order valence-electron chi connectivity index (χ0n) is 18.8. The van der Waals surface area contributed by atoms with Gasteiger partial charge in [-0.15, -0.1) is 0 Å². The van der Waals surface area contributed by atoms with Crippen LogP contribution in [-0.2, 0) is 17.8 Å². The molecular weight excluding hydrogens is 544 g/mol. The Balaban J connectivity index is 1.38. The van der Waals surface area contributed by atoms with E-state index in [0.29, 0.717) is 23.0 Å². The molecule has 0 saturated carbocycles. The normalized spacial score (nSPS) is 15.0. The number of imide groups is 1. The van der Waals surface area contributed by atoms with Crippen LogP contribution in [-0.4, -0.2) is 27.2 Å². The van der Waals surface area contributed by atoms with Crippen LogP contribution in [0.15, 0.2) is 88.4 Å². The number of hydrogen-bond acceptors (Lipinski definition) is 3. The average molecular weight is 566 g/mol. The molecule has 35 heavy (non-hydrogen) atoms. The SMILES string of the molecule is O=C1S/C(=C\c2cn(Cc3ccc(Cl)cc3)c3ccc(Br)cc23)C(=O)N1CCCc1ccccc1. The molecule has 4 aromatic rings. The Labute approximate surface area is 221 Å². The lowest BCUT2D eigenvalue weighted by Gasteiger charge is -2.12. The molecule has 2 amide bonds. The fourth-order valence-corrected chi connectivity index (χ4v) is 5.59. The van der Waals surface area contributed by atoms with Gasteiger partial charge in [-0.05, 0) is 72.1 Å². The minimum Gasteiger partial charge on any atom is -0.342 e. The number of aryl methyl sites for hydroxylation is 1. The molecule has 1 aliphatic rings. The number of benzene rings is 3. The van der Waals surface area contributed by atoms with Crippen LogP contribution in [0.2, 0.25) is 5.02 Å². The number of aromatic nitrogens is 1. The maximum atomic E-state index is 13.1. The van der Waals surface area contributed by atoms with Gasteiger partial charge in [0.25, 0.3) is 11.1 Å². The van der Waals surface area contributed by atoms with Crippen molar-refractivity contribution in [2.75, 3.05) is 6.54 Å². The van der Waals surface area contributed by atoms with Crippen molar-refractivity contribution >= 4 is 67.4 Å². The highest BCUT2D eigenvalue weighted by atomic mass is 79.9. The number of thioether (sulfide) groups is 1. The van der Waals surface area contributed by atoms with Crippen LogP contribution in [0.3, 0.4) is 0 Å². The van der Waals surface area contributed by atoms with E-state index in [1.807, 2.05) is 66.9 Å². The van der Waals surface area contributed by atoms with Gasteiger partial charge in [0.2, 0.25) is 0 Å². The van der Waals surface area contributed by atoms with Gasteiger partial charge in [0, 0.05) is 45.2 Å². The van der Waals surface area contributed by atoms with Crippen LogP contribution in [0.1, 0.15) is 23.1 Å². The topological polar surface area (TPSA) is 42.3 Å². The summed E-state index contributed by atoms with van der Waals surface area (Å²) in [6.45, 7) is 1.09. The second-order valence-electron chi connectivity index (χ2n) is 8.42. The minimum absolute atomic E-state index is 0.208. The first-order chi connectivity index (χ1) is 17.0. The van der Waals surface area contributed by atoms with E-state index in [2.05, 4.69) is 38.7 Å². The van der Waals surface area contributed by atoms with Crippen molar-refractivity contribution in [3.05, 3.63) is 110 Å². The molecule has 176 valence electrons. The van der Waals surface area contributed by atoms with E-state index in [1.54, 1.807) is 0 Å². The number of halogens is 2. The van der Waals surface area contributed by atoms with Crippen LogP contribution >= 0.6 is 39.3 Å². The number of rotatable bonds is 7. The predicted octanol–water partition coefficient (Wildman–Crippen LogP) is 7.77. The smallest absolute Gasteiger partial charge is 0.293 e. The third-order valence-corrected chi connectivity index (χ3v) is 7.64. The highest BCUT2D eigenvalue weighted by molar-refractivity contribution is 9.10.